The summed E-state index contributed by atoms with van der Waals surface area (Å²) in [5.41, 5.74) is 7.21. The number of aryl methyl sites for hydroxylation is 1. The Balaban J connectivity index is 1.74. The molecule has 0 aromatic heterocycles. The molecule has 1 aromatic rings. The highest BCUT2D eigenvalue weighted by Crippen LogP contribution is 2.28. The minimum absolute atomic E-state index is 0.134. The summed E-state index contributed by atoms with van der Waals surface area (Å²) in [7, 11) is 0. The van der Waals surface area contributed by atoms with Gasteiger partial charge in [0.25, 0.3) is 0 Å². The molecule has 2 N–H and O–H groups in total. The third kappa shape index (κ3) is 3.80. The lowest BCUT2D eigenvalue weighted by molar-refractivity contribution is -0.130. The minimum atomic E-state index is 0.134. The zero-order valence-corrected chi connectivity index (χ0v) is 11.8. The molecular formula is C16H24N2O. The number of amides is 1. The molecule has 19 heavy (non-hydrogen) atoms. The van der Waals surface area contributed by atoms with Gasteiger partial charge in [0.1, 0.15) is 0 Å². The molecule has 3 nitrogen and oxygen atoms in total. The van der Waals surface area contributed by atoms with Crippen LogP contribution in [0.5, 0.6) is 0 Å². The third-order valence-corrected chi connectivity index (χ3v) is 4.10. The smallest absolute Gasteiger partial charge is 0.222 e. The summed E-state index contributed by atoms with van der Waals surface area (Å²) in [6.45, 7) is 4.54. The largest absolute Gasteiger partial charge is 0.342 e. The topological polar surface area (TPSA) is 46.3 Å². The first-order chi connectivity index (χ1) is 9.13. The SMILES string of the molecule is CC1(CN)CCN(C(=O)CCCc2ccccc2)C1. The Bertz CT molecular complexity index is 418. The average Bonchev–Trinajstić information content (AvgIpc) is 2.83. The van der Waals surface area contributed by atoms with Gasteiger partial charge in [0.05, 0.1) is 0 Å². The van der Waals surface area contributed by atoms with Crippen LogP contribution >= 0.6 is 0 Å². The highest BCUT2D eigenvalue weighted by Gasteiger charge is 2.34. The first-order valence-corrected chi connectivity index (χ1v) is 7.15. The van der Waals surface area contributed by atoms with Crippen LogP contribution in [0.25, 0.3) is 0 Å². The van der Waals surface area contributed by atoms with Gasteiger partial charge in [0.2, 0.25) is 5.91 Å². The summed E-state index contributed by atoms with van der Waals surface area (Å²) in [4.78, 5) is 14.1. The molecule has 0 radical (unpaired) electrons. The van der Waals surface area contributed by atoms with Gasteiger partial charge < -0.3 is 10.6 Å². The maximum atomic E-state index is 12.1. The molecule has 0 saturated carbocycles. The summed E-state index contributed by atoms with van der Waals surface area (Å²) >= 11 is 0. The van der Waals surface area contributed by atoms with Gasteiger partial charge in [-0.2, -0.15) is 0 Å². The van der Waals surface area contributed by atoms with E-state index in [2.05, 4.69) is 19.1 Å². The molecule has 1 heterocycles. The van der Waals surface area contributed by atoms with Gasteiger partial charge in [-0.15, -0.1) is 0 Å². The zero-order valence-electron chi connectivity index (χ0n) is 11.8. The van der Waals surface area contributed by atoms with E-state index in [1.807, 2.05) is 23.1 Å². The zero-order chi connectivity index (χ0) is 13.7. The Hall–Kier alpha value is -1.35. The van der Waals surface area contributed by atoms with Crippen LogP contribution in [0.2, 0.25) is 0 Å². The van der Waals surface area contributed by atoms with E-state index in [0.29, 0.717) is 13.0 Å². The third-order valence-electron chi connectivity index (χ3n) is 4.10. The van der Waals surface area contributed by atoms with Crippen molar-refractivity contribution in [2.45, 2.75) is 32.6 Å². The fourth-order valence-electron chi connectivity index (χ4n) is 2.65. The summed E-state index contributed by atoms with van der Waals surface area (Å²) in [6, 6.07) is 10.3. The fraction of sp³-hybridized carbons (Fsp3) is 0.562. The number of hydrogen-bond acceptors (Lipinski definition) is 2. The average molecular weight is 260 g/mol. The van der Waals surface area contributed by atoms with Crippen LogP contribution in [0.1, 0.15) is 31.7 Å². The molecule has 1 amide bonds. The quantitative estimate of drug-likeness (QED) is 0.882. The number of nitrogens with two attached hydrogens (primary N) is 1. The monoisotopic (exact) mass is 260 g/mol. The maximum absolute atomic E-state index is 12.1. The Morgan fingerprint density at radius 2 is 2.11 bits per heavy atom. The van der Waals surface area contributed by atoms with Crippen molar-refractivity contribution in [2.75, 3.05) is 19.6 Å². The number of rotatable bonds is 5. The Morgan fingerprint density at radius 3 is 2.74 bits per heavy atom. The normalized spacial score (nSPS) is 22.7. The van der Waals surface area contributed by atoms with Crippen molar-refractivity contribution in [2.24, 2.45) is 11.1 Å². The van der Waals surface area contributed by atoms with E-state index in [4.69, 9.17) is 5.73 Å². The molecule has 0 spiro atoms. The van der Waals surface area contributed by atoms with Crippen LogP contribution in [0.3, 0.4) is 0 Å². The highest BCUT2D eigenvalue weighted by molar-refractivity contribution is 5.76. The van der Waals surface area contributed by atoms with Gasteiger partial charge in [-0.3, -0.25) is 4.79 Å². The van der Waals surface area contributed by atoms with Crippen molar-refractivity contribution in [3.05, 3.63) is 35.9 Å². The molecule has 3 heteroatoms. The van der Waals surface area contributed by atoms with Crippen LogP contribution in [0.15, 0.2) is 30.3 Å². The van der Waals surface area contributed by atoms with Crippen LogP contribution in [0.4, 0.5) is 0 Å². The van der Waals surface area contributed by atoms with Crippen LogP contribution in [-0.2, 0) is 11.2 Å². The van der Waals surface area contributed by atoms with Crippen LogP contribution in [-0.4, -0.2) is 30.4 Å². The van der Waals surface area contributed by atoms with Crippen molar-refractivity contribution in [3.8, 4) is 0 Å². The highest BCUT2D eigenvalue weighted by atomic mass is 16.2. The number of carbonyl (C=O) groups excluding carboxylic acids is 1. The lowest BCUT2D eigenvalue weighted by Gasteiger charge is -2.22. The second kappa shape index (κ2) is 6.20. The van der Waals surface area contributed by atoms with Crippen LogP contribution < -0.4 is 5.73 Å². The van der Waals surface area contributed by atoms with Gasteiger partial charge in [0, 0.05) is 19.5 Å². The van der Waals surface area contributed by atoms with Gasteiger partial charge in [-0.25, -0.2) is 0 Å². The molecule has 2 rings (SSSR count). The van der Waals surface area contributed by atoms with Gasteiger partial charge in [-0.1, -0.05) is 37.3 Å². The molecule has 1 fully saturated rings. The van der Waals surface area contributed by atoms with Gasteiger partial charge in [-0.05, 0) is 36.8 Å². The lowest BCUT2D eigenvalue weighted by Crippen LogP contribution is -2.34. The van der Waals surface area contributed by atoms with Gasteiger partial charge in [0.15, 0.2) is 0 Å². The molecule has 1 unspecified atom stereocenters. The maximum Gasteiger partial charge on any atom is 0.222 e. The summed E-state index contributed by atoms with van der Waals surface area (Å²) in [5.74, 6) is 0.285. The van der Waals surface area contributed by atoms with Crippen molar-refractivity contribution in [1.82, 2.24) is 4.90 Å². The second-order valence-corrected chi connectivity index (χ2v) is 5.92. The molecule has 1 aliphatic heterocycles. The van der Waals surface area contributed by atoms with E-state index in [1.165, 1.54) is 5.56 Å². The predicted molar refractivity (Wildman–Crippen MR) is 77.7 cm³/mol. The molecule has 1 aliphatic rings. The predicted octanol–water partition coefficient (Wildman–Crippen LogP) is 2.21. The first-order valence-electron chi connectivity index (χ1n) is 7.15. The second-order valence-electron chi connectivity index (χ2n) is 5.92. The van der Waals surface area contributed by atoms with Crippen LogP contribution in [0, 0.1) is 5.41 Å². The number of benzene rings is 1. The number of nitrogens with zero attached hydrogens (tertiary/aromatic N) is 1. The molecule has 0 bridgehead atoms. The number of likely N-dealkylation sites (tertiary alicyclic amines) is 1. The van der Waals surface area contributed by atoms with Crippen molar-refractivity contribution < 1.29 is 4.79 Å². The fourth-order valence-corrected chi connectivity index (χ4v) is 2.65. The Labute approximate surface area is 115 Å². The molecule has 1 saturated heterocycles. The molecule has 104 valence electrons. The van der Waals surface area contributed by atoms with E-state index < -0.39 is 0 Å². The standard InChI is InChI=1S/C16H24N2O/c1-16(12-17)10-11-18(13-16)15(19)9-5-8-14-6-3-2-4-7-14/h2-4,6-7H,5,8-13,17H2,1H3. The first kappa shape index (κ1) is 14.1. The summed E-state index contributed by atoms with van der Waals surface area (Å²) < 4.78 is 0. The van der Waals surface area contributed by atoms with Crippen molar-refractivity contribution in [3.63, 3.8) is 0 Å². The molecule has 1 atom stereocenters. The van der Waals surface area contributed by atoms with Crippen molar-refractivity contribution in [1.29, 1.82) is 0 Å². The molecule has 0 aliphatic carbocycles. The van der Waals surface area contributed by atoms with Crippen molar-refractivity contribution >= 4 is 5.91 Å². The number of hydrogen-bond donors (Lipinski definition) is 1. The Morgan fingerprint density at radius 1 is 1.37 bits per heavy atom. The Kier molecular flexibility index (Phi) is 4.59. The molecule has 1 aromatic carbocycles. The molecular weight excluding hydrogens is 236 g/mol. The summed E-state index contributed by atoms with van der Waals surface area (Å²) in [6.07, 6.45) is 3.59. The van der Waals surface area contributed by atoms with E-state index in [1.54, 1.807) is 0 Å². The minimum Gasteiger partial charge on any atom is -0.342 e. The van der Waals surface area contributed by atoms with E-state index >= 15 is 0 Å². The summed E-state index contributed by atoms with van der Waals surface area (Å²) in [5, 5.41) is 0. The van der Waals surface area contributed by atoms with Gasteiger partial charge >= 0.3 is 0 Å². The van der Waals surface area contributed by atoms with E-state index in [9.17, 15) is 4.79 Å². The lowest BCUT2D eigenvalue weighted by atomic mass is 9.90. The number of carbonyl (C=O) groups is 1. The van der Waals surface area contributed by atoms with E-state index in [-0.39, 0.29) is 11.3 Å². The van der Waals surface area contributed by atoms with E-state index in [0.717, 1.165) is 32.4 Å².